The Balaban J connectivity index is 1.92. The Labute approximate surface area is 128 Å². The van der Waals surface area contributed by atoms with E-state index in [9.17, 15) is 0 Å². The number of nitrogen functional groups attached to an aromatic ring is 1. The summed E-state index contributed by atoms with van der Waals surface area (Å²) < 4.78 is 10.8. The molecule has 0 aliphatic heterocycles. The van der Waals surface area contributed by atoms with Gasteiger partial charge in [-0.15, -0.1) is 0 Å². The fourth-order valence-corrected chi connectivity index (χ4v) is 2.30. The number of hydrogen-bond acceptors (Lipinski definition) is 5. The predicted molar refractivity (Wildman–Crippen MR) is 85.7 cm³/mol. The van der Waals surface area contributed by atoms with Gasteiger partial charge in [-0.25, -0.2) is 4.98 Å². The number of nitrogens with two attached hydrogens (primary N) is 1. The van der Waals surface area contributed by atoms with E-state index in [2.05, 4.69) is 15.2 Å². The van der Waals surface area contributed by atoms with E-state index in [4.69, 9.17) is 15.2 Å². The summed E-state index contributed by atoms with van der Waals surface area (Å²) in [7, 11) is 1.68. The third-order valence-corrected chi connectivity index (χ3v) is 3.35. The number of ether oxygens (including phenoxy) is 2. The molecule has 2 heterocycles. The normalized spacial score (nSPS) is 11.0. The van der Waals surface area contributed by atoms with Gasteiger partial charge in [-0.1, -0.05) is 6.07 Å². The van der Waals surface area contributed by atoms with Crippen molar-refractivity contribution in [1.82, 2.24) is 15.2 Å². The Morgan fingerprint density at radius 2 is 2.09 bits per heavy atom. The summed E-state index contributed by atoms with van der Waals surface area (Å²) in [5.74, 6) is 1.19. The molecule has 114 valence electrons. The van der Waals surface area contributed by atoms with Gasteiger partial charge >= 0.3 is 0 Å². The number of benzene rings is 1. The minimum absolute atomic E-state index is 0.441. The molecule has 0 aliphatic carbocycles. The minimum atomic E-state index is 0.441. The average Bonchev–Trinajstić information content (AvgIpc) is 3.05. The smallest absolute Gasteiger partial charge is 0.132 e. The van der Waals surface area contributed by atoms with Crippen molar-refractivity contribution in [3.63, 3.8) is 0 Å². The number of rotatable bonds is 6. The van der Waals surface area contributed by atoms with Crippen molar-refractivity contribution in [3.05, 3.63) is 36.5 Å². The molecule has 0 radical (unpaired) electrons. The van der Waals surface area contributed by atoms with E-state index in [1.165, 1.54) is 0 Å². The van der Waals surface area contributed by atoms with Gasteiger partial charge in [-0.2, -0.15) is 5.10 Å². The number of pyridine rings is 1. The molecule has 1 aromatic carbocycles. The summed E-state index contributed by atoms with van der Waals surface area (Å²) in [6, 6.07) is 9.64. The van der Waals surface area contributed by atoms with Gasteiger partial charge in [0.25, 0.3) is 0 Å². The number of aromatic nitrogens is 3. The number of hydrogen-bond donors (Lipinski definition) is 2. The molecule has 2 aromatic heterocycles. The first-order valence-corrected chi connectivity index (χ1v) is 7.09. The molecule has 0 amide bonds. The zero-order chi connectivity index (χ0) is 15.4. The van der Waals surface area contributed by atoms with Crippen LogP contribution in [-0.4, -0.2) is 35.5 Å². The van der Waals surface area contributed by atoms with Crippen molar-refractivity contribution in [2.75, 3.05) is 26.1 Å². The third-order valence-electron chi connectivity index (χ3n) is 3.35. The molecule has 0 fully saturated rings. The first kappa shape index (κ1) is 14.3. The molecule has 3 aromatic rings. The van der Waals surface area contributed by atoms with Crippen LogP contribution in [0, 0.1) is 0 Å². The highest BCUT2D eigenvalue weighted by molar-refractivity contribution is 5.89. The molecule has 0 saturated heterocycles. The average molecular weight is 298 g/mol. The Bertz CT molecular complexity index is 756. The van der Waals surface area contributed by atoms with Crippen LogP contribution in [0.15, 0.2) is 36.5 Å². The molecule has 22 heavy (non-hydrogen) atoms. The first-order chi connectivity index (χ1) is 10.8. The largest absolute Gasteiger partial charge is 0.493 e. The fourth-order valence-electron chi connectivity index (χ4n) is 2.30. The maximum atomic E-state index is 5.89. The van der Waals surface area contributed by atoms with Gasteiger partial charge < -0.3 is 15.2 Å². The molecule has 3 N–H and O–H groups in total. The lowest BCUT2D eigenvalue weighted by molar-refractivity contribution is 0.172. The molecule has 0 bridgehead atoms. The van der Waals surface area contributed by atoms with E-state index in [1.54, 1.807) is 19.4 Å². The van der Waals surface area contributed by atoms with Crippen LogP contribution >= 0.6 is 0 Å². The Morgan fingerprint density at radius 1 is 1.18 bits per heavy atom. The van der Waals surface area contributed by atoms with Crippen molar-refractivity contribution >= 4 is 16.7 Å². The van der Waals surface area contributed by atoms with E-state index >= 15 is 0 Å². The second kappa shape index (κ2) is 6.44. The van der Waals surface area contributed by atoms with Crippen LogP contribution in [0.1, 0.15) is 6.42 Å². The lowest BCUT2D eigenvalue weighted by atomic mass is 10.1. The standard InChI is InChI=1S/C16H18N4O2/c1-21-7-2-8-22-15-10-16(17)19-14-9-11(3-4-12(14)15)13-5-6-18-20-13/h3-6,9-10H,2,7-8H2,1H3,(H2,17,19)(H,18,20). The number of nitrogens with zero attached hydrogens (tertiary/aromatic N) is 2. The lowest BCUT2D eigenvalue weighted by Crippen LogP contribution is -2.03. The second-order valence-corrected chi connectivity index (χ2v) is 4.94. The summed E-state index contributed by atoms with van der Waals surface area (Å²) >= 11 is 0. The Morgan fingerprint density at radius 3 is 2.86 bits per heavy atom. The molecule has 6 heteroatoms. The molecule has 0 spiro atoms. The molecule has 0 aliphatic rings. The van der Waals surface area contributed by atoms with Crippen LogP contribution in [0.3, 0.4) is 0 Å². The zero-order valence-electron chi connectivity index (χ0n) is 12.4. The van der Waals surface area contributed by atoms with Crippen LogP contribution in [-0.2, 0) is 4.74 Å². The van der Waals surface area contributed by atoms with E-state index in [0.717, 1.165) is 34.3 Å². The predicted octanol–water partition coefficient (Wildman–Crippen LogP) is 2.62. The molecule has 6 nitrogen and oxygen atoms in total. The number of methoxy groups -OCH3 is 1. The van der Waals surface area contributed by atoms with Gasteiger partial charge in [0.05, 0.1) is 17.8 Å². The van der Waals surface area contributed by atoms with Crippen LogP contribution in [0.25, 0.3) is 22.2 Å². The van der Waals surface area contributed by atoms with Crippen LogP contribution < -0.4 is 10.5 Å². The van der Waals surface area contributed by atoms with Crippen molar-refractivity contribution in [1.29, 1.82) is 0 Å². The van der Waals surface area contributed by atoms with Crippen molar-refractivity contribution in [2.24, 2.45) is 0 Å². The zero-order valence-corrected chi connectivity index (χ0v) is 12.4. The molecule has 3 rings (SSSR count). The van der Waals surface area contributed by atoms with Gasteiger partial charge in [-0.05, 0) is 18.2 Å². The van der Waals surface area contributed by atoms with Crippen molar-refractivity contribution in [3.8, 4) is 17.0 Å². The van der Waals surface area contributed by atoms with E-state index < -0.39 is 0 Å². The first-order valence-electron chi connectivity index (χ1n) is 7.09. The van der Waals surface area contributed by atoms with Gasteiger partial charge in [0.15, 0.2) is 0 Å². The Hall–Kier alpha value is -2.60. The molecule has 0 saturated carbocycles. The highest BCUT2D eigenvalue weighted by Gasteiger charge is 2.08. The summed E-state index contributed by atoms with van der Waals surface area (Å²) in [5, 5.41) is 7.85. The molecule has 0 unspecified atom stereocenters. The van der Waals surface area contributed by atoms with Crippen LogP contribution in [0.2, 0.25) is 0 Å². The number of nitrogens with one attached hydrogen (secondary N) is 1. The monoisotopic (exact) mass is 298 g/mol. The van der Waals surface area contributed by atoms with Crippen LogP contribution in [0.4, 0.5) is 5.82 Å². The summed E-state index contributed by atoms with van der Waals surface area (Å²) in [6.07, 6.45) is 2.54. The SMILES string of the molecule is COCCCOc1cc(N)nc2cc(-c3ccn[nH]3)ccc12. The topological polar surface area (TPSA) is 86.1 Å². The molecule has 0 atom stereocenters. The van der Waals surface area contributed by atoms with Crippen molar-refractivity contribution < 1.29 is 9.47 Å². The maximum absolute atomic E-state index is 5.89. The third kappa shape index (κ3) is 3.01. The number of aromatic amines is 1. The number of fused-ring (bicyclic) bond motifs is 1. The quantitative estimate of drug-likeness (QED) is 0.683. The van der Waals surface area contributed by atoms with Crippen LogP contribution in [0.5, 0.6) is 5.75 Å². The fraction of sp³-hybridized carbons (Fsp3) is 0.250. The molecular weight excluding hydrogens is 280 g/mol. The maximum Gasteiger partial charge on any atom is 0.132 e. The van der Waals surface area contributed by atoms with E-state index in [-0.39, 0.29) is 0 Å². The van der Waals surface area contributed by atoms with E-state index in [1.807, 2.05) is 24.3 Å². The highest BCUT2D eigenvalue weighted by Crippen LogP contribution is 2.30. The summed E-state index contributed by atoms with van der Waals surface area (Å²) in [6.45, 7) is 1.25. The number of anilines is 1. The van der Waals surface area contributed by atoms with Gasteiger partial charge in [-0.3, -0.25) is 5.10 Å². The van der Waals surface area contributed by atoms with E-state index in [0.29, 0.717) is 19.0 Å². The second-order valence-electron chi connectivity index (χ2n) is 4.94. The summed E-state index contributed by atoms with van der Waals surface area (Å²) in [4.78, 5) is 4.39. The summed E-state index contributed by atoms with van der Waals surface area (Å²) in [5.41, 5.74) is 8.63. The van der Waals surface area contributed by atoms with Gasteiger partial charge in [0.1, 0.15) is 11.6 Å². The minimum Gasteiger partial charge on any atom is -0.493 e. The van der Waals surface area contributed by atoms with Gasteiger partial charge in [0, 0.05) is 43.4 Å². The number of H-pyrrole nitrogens is 1. The Kier molecular flexibility index (Phi) is 4.20. The van der Waals surface area contributed by atoms with Crippen molar-refractivity contribution in [2.45, 2.75) is 6.42 Å². The van der Waals surface area contributed by atoms with Gasteiger partial charge in [0.2, 0.25) is 0 Å². The molecular formula is C16H18N4O2. The highest BCUT2D eigenvalue weighted by atomic mass is 16.5. The lowest BCUT2D eigenvalue weighted by Gasteiger charge is -2.10.